The summed E-state index contributed by atoms with van der Waals surface area (Å²) in [5.41, 5.74) is 5.48. The van der Waals surface area contributed by atoms with Crippen molar-refractivity contribution in [1.29, 1.82) is 0 Å². The molecule has 0 aromatic heterocycles. The van der Waals surface area contributed by atoms with Gasteiger partial charge in [0.1, 0.15) is 12.1 Å². The van der Waals surface area contributed by atoms with Crippen molar-refractivity contribution in [2.24, 2.45) is 5.73 Å². The highest BCUT2D eigenvalue weighted by Gasteiger charge is 2.19. The maximum atomic E-state index is 12.8. The number of carbonyl (C=O) groups excluding carboxylic acids is 2. The molecular weight excluding hydrogens is 636 g/mol. The quantitative estimate of drug-likeness (QED) is 0.0331. The van der Waals surface area contributed by atoms with E-state index in [4.69, 9.17) is 10.5 Å². The van der Waals surface area contributed by atoms with Gasteiger partial charge >= 0.3 is 11.9 Å². The van der Waals surface area contributed by atoms with Gasteiger partial charge in [0.2, 0.25) is 5.91 Å². The molecule has 0 aliphatic rings. The number of ether oxygens (including phenoxy) is 1. The summed E-state index contributed by atoms with van der Waals surface area (Å²) in [6.07, 6.45) is 43.6. The molecular formula is C44H82N2O5. The number of carboxylic acid groups (broad SMARTS) is 1. The van der Waals surface area contributed by atoms with Crippen molar-refractivity contribution >= 4 is 17.8 Å². The van der Waals surface area contributed by atoms with Crippen molar-refractivity contribution in [1.82, 2.24) is 5.32 Å². The molecule has 1 amide bonds. The molecule has 0 radical (unpaired) electrons. The molecule has 0 aliphatic heterocycles. The molecule has 7 nitrogen and oxygen atoms in total. The van der Waals surface area contributed by atoms with Crippen LogP contribution in [0, 0.1) is 0 Å². The van der Waals surface area contributed by atoms with E-state index in [1.807, 2.05) is 0 Å². The van der Waals surface area contributed by atoms with E-state index in [1.54, 1.807) is 0 Å². The third-order valence-corrected chi connectivity index (χ3v) is 9.75. The number of carbonyl (C=O) groups is 3. The minimum Gasteiger partial charge on any atom is -0.480 e. The van der Waals surface area contributed by atoms with E-state index >= 15 is 0 Å². The molecule has 0 spiro atoms. The molecule has 0 rings (SSSR count). The summed E-state index contributed by atoms with van der Waals surface area (Å²) in [5.74, 6) is -1.24. The van der Waals surface area contributed by atoms with Crippen molar-refractivity contribution in [3.05, 3.63) is 24.3 Å². The van der Waals surface area contributed by atoms with Crippen LogP contribution in [0.5, 0.6) is 0 Å². The smallest absolute Gasteiger partial charge is 0.326 e. The van der Waals surface area contributed by atoms with Gasteiger partial charge in [-0.25, -0.2) is 4.79 Å². The van der Waals surface area contributed by atoms with Gasteiger partial charge in [0.25, 0.3) is 0 Å². The van der Waals surface area contributed by atoms with E-state index in [2.05, 4.69) is 43.5 Å². The lowest BCUT2D eigenvalue weighted by atomic mass is 10.0. The number of rotatable bonds is 39. The average molecular weight is 719 g/mol. The van der Waals surface area contributed by atoms with Crippen molar-refractivity contribution < 1.29 is 24.2 Å². The molecule has 0 saturated carbocycles. The van der Waals surface area contributed by atoms with Gasteiger partial charge in [-0.1, -0.05) is 154 Å². The third-order valence-electron chi connectivity index (χ3n) is 9.75. The Hall–Kier alpha value is -2.15. The summed E-state index contributed by atoms with van der Waals surface area (Å²) in [6, 6.07) is -0.855. The van der Waals surface area contributed by atoms with E-state index in [0.29, 0.717) is 32.2 Å². The first-order valence-corrected chi connectivity index (χ1v) is 21.7. The minimum absolute atomic E-state index is 0.0106. The number of amides is 1. The highest BCUT2D eigenvalue weighted by molar-refractivity contribution is 5.83. The molecule has 0 heterocycles. The molecule has 2 unspecified atom stereocenters. The van der Waals surface area contributed by atoms with Crippen molar-refractivity contribution in [3.63, 3.8) is 0 Å². The van der Waals surface area contributed by atoms with Gasteiger partial charge in [-0.05, 0) is 83.6 Å². The van der Waals surface area contributed by atoms with Crippen LogP contribution < -0.4 is 11.1 Å². The van der Waals surface area contributed by atoms with Crippen molar-refractivity contribution in [3.8, 4) is 0 Å². The zero-order chi connectivity index (χ0) is 37.5. The highest BCUT2D eigenvalue weighted by atomic mass is 16.5. The molecule has 51 heavy (non-hydrogen) atoms. The molecule has 4 N–H and O–H groups in total. The van der Waals surface area contributed by atoms with Crippen LogP contribution in [0.2, 0.25) is 0 Å². The monoisotopic (exact) mass is 719 g/mol. The van der Waals surface area contributed by atoms with Crippen LogP contribution >= 0.6 is 0 Å². The molecule has 0 aromatic carbocycles. The zero-order valence-electron chi connectivity index (χ0n) is 33.5. The van der Waals surface area contributed by atoms with Crippen LogP contribution in [0.25, 0.3) is 0 Å². The van der Waals surface area contributed by atoms with Gasteiger partial charge in [0.05, 0.1) is 0 Å². The maximum Gasteiger partial charge on any atom is 0.326 e. The Bertz CT molecular complexity index is 858. The zero-order valence-corrected chi connectivity index (χ0v) is 33.5. The number of aliphatic carboxylic acids is 1. The van der Waals surface area contributed by atoms with Gasteiger partial charge in [-0.2, -0.15) is 0 Å². The van der Waals surface area contributed by atoms with E-state index in [-0.39, 0.29) is 18.0 Å². The van der Waals surface area contributed by atoms with E-state index in [0.717, 1.165) is 77.0 Å². The topological polar surface area (TPSA) is 119 Å². The largest absolute Gasteiger partial charge is 0.480 e. The van der Waals surface area contributed by atoms with Crippen LogP contribution in [-0.4, -0.2) is 41.6 Å². The Kier molecular flexibility index (Phi) is 37.4. The first-order chi connectivity index (χ1) is 24.9. The van der Waals surface area contributed by atoms with Crippen LogP contribution in [0.1, 0.15) is 219 Å². The molecule has 0 bridgehead atoms. The third kappa shape index (κ3) is 36.0. The SMILES string of the molecule is CCC/C=C\C/C=C\CCCCCCCC(=O)OC(CCCCCCCCCCCCCC)CCCCCCCC(=O)NC(CCCN)C(=O)O. The number of unbranched alkanes of at least 4 members (excludes halogenated alkanes) is 21. The first-order valence-electron chi connectivity index (χ1n) is 21.7. The van der Waals surface area contributed by atoms with Gasteiger partial charge in [0.15, 0.2) is 0 Å². The summed E-state index contributed by atoms with van der Waals surface area (Å²) < 4.78 is 6.04. The van der Waals surface area contributed by atoms with E-state index < -0.39 is 12.0 Å². The summed E-state index contributed by atoms with van der Waals surface area (Å²) in [7, 11) is 0. The fourth-order valence-electron chi connectivity index (χ4n) is 6.49. The van der Waals surface area contributed by atoms with Gasteiger partial charge in [0, 0.05) is 12.8 Å². The summed E-state index contributed by atoms with van der Waals surface area (Å²) in [5, 5.41) is 11.9. The van der Waals surface area contributed by atoms with Crippen molar-refractivity contribution in [2.45, 2.75) is 231 Å². The Morgan fingerprint density at radius 1 is 0.569 bits per heavy atom. The minimum atomic E-state index is -1.00. The number of carboxylic acids is 1. The lowest BCUT2D eigenvalue weighted by Crippen LogP contribution is -2.40. The molecule has 298 valence electrons. The standard InChI is InChI=1S/C44H82N2O5/c1-3-5-7-9-11-13-15-17-19-21-23-28-32-38-43(48)51-40(34-29-25-22-20-18-16-14-12-10-8-6-4-2)35-30-26-24-27-31-37-42(47)46-41(44(49)50)36-33-39-45/h7,9,13,15,40-41H,3-6,8,10-12,14,16-39,45H2,1-2H3,(H,46,47)(H,49,50)/b9-7-,15-13-. The molecule has 0 saturated heterocycles. The lowest BCUT2D eigenvalue weighted by molar-refractivity contribution is -0.150. The number of hydrogen-bond acceptors (Lipinski definition) is 5. The predicted molar refractivity (Wildman–Crippen MR) is 216 cm³/mol. The van der Waals surface area contributed by atoms with Crippen LogP contribution in [0.15, 0.2) is 24.3 Å². The van der Waals surface area contributed by atoms with Gasteiger partial charge in [-0.3, -0.25) is 9.59 Å². The highest BCUT2D eigenvalue weighted by Crippen LogP contribution is 2.19. The number of allylic oxidation sites excluding steroid dienone is 4. The van der Waals surface area contributed by atoms with Crippen LogP contribution in [0.3, 0.4) is 0 Å². The lowest BCUT2D eigenvalue weighted by Gasteiger charge is -2.18. The Morgan fingerprint density at radius 3 is 1.59 bits per heavy atom. The molecule has 7 heteroatoms. The van der Waals surface area contributed by atoms with Gasteiger partial charge in [-0.15, -0.1) is 0 Å². The van der Waals surface area contributed by atoms with E-state index in [9.17, 15) is 19.5 Å². The second kappa shape index (κ2) is 39.1. The second-order valence-corrected chi connectivity index (χ2v) is 14.8. The van der Waals surface area contributed by atoms with E-state index in [1.165, 1.54) is 103 Å². The number of hydrogen-bond donors (Lipinski definition) is 3. The molecule has 0 fully saturated rings. The maximum absolute atomic E-state index is 12.8. The fraction of sp³-hybridized carbons (Fsp3) is 0.841. The van der Waals surface area contributed by atoms with Crippen LogP contribution in [-0.2, 0) is 19.1 Å². The van der Waals surface area contributed by atoms with Gasteiger partial charge < -0.3 is 20.9 Å². The number of nitrogens with two attached hydrogens (primary N) is 1. The summed E-state index contributed by atoms with van der Waals surface area (Å²) in [4.78, 5) is 36.3. The normalized spacial score (nSPS) is 12.8. The average Bonchev–Trinajstić information content (AvgIpc) is 3.11. The Labute approximate surface area is 314 Å². The van der Waals surface area contributed by atoms with Crippen molar-refractivity contribution in [2.75, 3.05) is 6.54 Å². The Morgan fingerprint density at radius 2 is 1.06 bits per heavy atom. The second-order valence-electron chi connectivity index (χ2n) is 14.8. The molecule has 0 aromatic rings. The fourth-order valence-corrected chi connectivity index (χ4v) is 6.49. The number of nitrogens with one attached hydrogen (secondary N) is 1. The molecule has 2 atom stereocenters. The summed E-state index contributed by atoms with van der Waals surface area (Å²) in [6.45, 7) is 4.89. The first kappa shape index (κ1) is 48.9. The summed E-state index contributed by atoms with van der Waals surface area (Å²) >= 11 is 0. The Balaban J connectivity index is 4.33. The predicted octanol–water partition coefficient (Wildman–Crippen LogP) is 12.1. The molecule has 0 aliphatic carbocycles. The van der Waals surface area contributed by atoms with Crippen LogP contribution in [0.4, 0.5) is 0 Å². The number of esters is 1.